The van der Waals surface area contributed by atoms with E-state index in [1.54, 1.807) is 0 Å². The van der Waals surface area contributed by atoms with Gasteiger partial charge in [-0.05, 0) is 23.3 Å². The third-order valence-electron chi connectivity index (χ3n) is 9.05. The topological polar surface area (TPSA) is 211 Å². The molecule has 2 aromatic carbocycles. The largest absolute Gasteiger partial charge is 0.461 e. The molecular weight excluding hydrogens is 668 g/mol. The highest BCUT2D eigenvalue weighted by atomic mass is 35.5. The number of hydrogen-bond donors (Lipinski definition) is 7. The minimum atomic E-state index is -1.82. The van der Waals surface area contributed by atoms with Crippen molar-refractivity contribution < 1.29 is 64.2 Å². The second-order valence-electron chi connectivity index (χ2n) is 12.3. The maximum Gasteiger partial charge on any atom is 0.332 e. The Balaban J connectivity index is 1.04. The van der Waals surface area contributed by atoms with Gasteiger partial charge in [0.1, 0.15) is 62.0 Å². The Kier molecular flexibility index (Phi) is 13.7. The summed E-state index contributed by atoms with van der Waals surface area (Å²) >= 11 is 6.14. The van der Waals surface area contributed by atoms with Crippen molar-refractivity contribution in [1.82, 2.24) is 9.80 Å². The first-order valence-electron chi connectivity index (χ1n) is 16.2. The molecule has 7 N–H and O–H groups in total. The van der Waals surface area contributed by atoms with Gasteiger partial charge in [0.15, 0.2) is 12.6 Å². The molecule has 3 saturated heterocycles. The molecule has 0 amide bonds. The zero-order valence-corrected chi connectivity index (χ0v) is 27.5. The molecule has 5 rings (SSSR count). The molecule has 3 aliphatic heterocycles. The van der Waals surface area contributed by atoms with Crippen molar-refractivity contribution in [2.45, 2.75) is 67.5 Å². The first-order chi connectivity index (χ1) is 23.6. The van der Waals surface area contributed by atoms with Crippen molar-refractivity contribution in [2.75, 3.05) is 59.2 Å². The molecule has 16 heteroatoms. The number of piperazine rings is 1. The van der Waals surface area contributed by atoms with Gasteiger partial charge >= 0.3 is 5.97 Å². The molecule has 272 valence electrons. The summed E-state index contributed by atoms with van der Waals surface area (Å²) in [5.41, 5.74) is 2.37. The second-order valence-corrected chi connectivity index (χ2v) is 12.8. The second kappa shape index (κ2) is 17.7. The number of hydrogen-bond acceptors (Lipinski definition) is 15. The molecule has 3 heterocycles. The van der Waals surface area contributed by atoms with E-state index in [4.69, 9.17) is 35.3 Å². The van der Waals surface area contributed by atoms with Gasteiger partial charge in [0.2, 0.25) is 0 Å². The van der Waals surface area contributed by atoms with Crippen LogP contribution < -0.4 is 0 Å². The summed E-state index contributed by atoms with van der Waals surface area (Å²) in [5, 5.41) is 71.4. The fraction of sp³-hybridized carbons (Fsp3) is 0.606. The number of nitrogens with zero attached hydrogens (tertiary/aromatic N) is 2. The zero-order valence-electron chi connectivity index (χ0n) is 26.8. The van der Waals surface area contributed by atoms with E-state index in [1.807, 2.05) is 30.3 Å². The Morgan fingerprint density at radius 1 is 0.816 bits per heavy atom. The average Bonchev–Trinajstić information content (AvgIpc) is 3.11. The number of carbonyl (C=O) groups excluding carboxylic acids is 1. The fourth-order valence-corrected chi connectivity index (χ4v) is 6.39. The van der Waals surface area contributed by atoms with Crippen LogP contribution in [-0.4, -0.2) is 172 Å². The van der Waals surface area contributed by atoms with E-state index in [1.165, 1.54) is 11.1 Å². The molecular formula is C33H45ClN2O13. The molecule has 3 aliphatic rings. The molecule has 2 aromatic rings. The lowest BCUT2D eigenvalue weighted by atomic mass is 9.96. The smallest absolute Gasteiger partial charge is 0.332 e. The van der Waals surface area contributed by atoms with E-state index in [0.29, 0.717) is 11.6 Å². The molecule has 0 radical (unpaired) electrons. The van der Waals surface area contributed by atoms with Gasteiger partial charge in [0, 0.05) is 37.7 Å². The van der Waals surface area contributed by atoms with Gasteiger partial charge in [0.05, 0.1) is 19.3 Å². The minimum absolute atomic E-state index is 0.0942. The summed E-state index contributed by atoms with van der Waals surface area (Å²) in [6, 6.07) is 18.3. The van der Waals surface area contributed by atoms with E-state index in [-0.39, 0.29) is 19.3 Å². The third kappa shape index (κ3) is 9.52. The van der Waals surface area contributed by atoms with Crippen molar-refractivity contribution in [1.29, 1.82) is 0 Å². The van der Waals surface area contributed by atoms with Crippen molar-refractivity contribution in [3.8, 4) is 0 Å². The number of esters is 1. The minimum Gasteiger partial charge on any atom is -0.461 e. The fourth-order valence-electron chi connectivity index (χ4n) is 6.26. The lowest BCUT2D eigenvalue weighted by Gasteiger charge is -2.45. The van der Waals surface area contributed by atoms with Gasteiger partial charge < -0.3 is 59.4 Å². The van der Waals surface area contributed by atoms with Gasteiger partial charge in [-0.1, -0.05) is 54.1 Å². The van der Waals surface area contributed by atoms with E-state index in [9.17, 15) is 40.5 Å². The SMILES string of the molecule is O=C(COCCN1CCN(C(c2ccccc2)c2ccc(Cl)cc2)CC1)OCC1OC(OC2C(CO)OC(O)C(O)C2O)C(O)C(O)C1O. The first kappa shape index (κ1) is 37.9. The molecule has 0 aromatic heterocycles. The van der Waals surface area contributed by atoms with Crippen LogP contribution in [0.1, 0.15) is 17.2 Å². The summed E-state index contributed by atoms with van der Waals surface area (Å²) in [5.74, 6) is -0.749. The predicted molar refractivity (Wildman–Crippen MR) is 171 cm³/mol. The number of carbonyl (C=O) groups is 1. The van der Waals surface area contributed by atoms with E-state index >= 15 is 0 Å². The van der Waals surface area contributed by atoms with E-state index < -0.39 is 80.6 Å². The van der Waals surface area contributed by atoms with Gasteiger partial charge in [-0.3, -0.25) is 9.80 Å². The van der Waals surface area contributed by atoms with Crippen molar-refractivity contribution in [3.05, 3.63) is 70.7 Å². The molecule has 49 heavy (non-hydrogen) atoms. The number of benzene rings is 2. The summed E-state index contributed by atoms with van der Waals surface area (Å²) in [6.45, 7) is 2.52. The Morgan fingerprint density at radius 3 is 2.16 bits per heavy atom. The van der Waals surface area contributed by atoms with Gasteiger partial charge in [-0.2, -0.15) is 0 Å². The Morgan fingerprint density at radius 2 is 1.49 bits per heavy atom. The van der Waals surface area contributed by atoms with Crippen molar-refractivity contribution in [2.24, 2.45) is 0 Å². The number of halogens is 1. The van der Waals surface area contributed by atoms with Crippen LogP contribution in [0, 0.1) is 0 Å². The zero-order chi connectivity index (χ0) is 35.1. The summed E-state index contributed by atoms with van der Waals surface area (Å²) in [4.78, 5) is 17.1. The molecule has 0 bridgehead atoms. The van der Waals surface area contributed by atoms with Crippen LogP contribution >= 0.6 is 11.6 Å². The molecule has 0 saturated carbocycles. The molecule has 0 aliphatic carbocycles. The lowest BCUT2D eigenvalue weighted by molar-refractivity contribution is -0.355. The van der Waals surface area contributed by atoms with Crippen LogP contribution in [0.4, 0.5) is 0 Å². The highest BCUT2D eigenvalue weighted by Crippen LogP contribution is 2.31. The standard InChI is InChI=1S/C33H45ClN2O13/c34-21-8-6-20(7-9-21)25(19-4-2-1-3-5-19)36-12-10-35(11-13-36)14-15-45-18-24(38)46-17-23-26(39)27(40)30(43)33(48-23)49-31-22(16-37)47-32(44)29(42)28(31)41/h1-9,22-23,25-33,37,39-44H,10-18H2. The number of rotatable bonds is 13. The summed E-state index contributed by atoms with van der Waals surface area (Å²) in [6.07, 6.45) is -16.5. The van der Waals surface area contributed by atoms with Crippen molar-refractivity contribution >= 4 is 17.6 Å². The number of ether oxygens (including phenoxy) is 5. The summed E-state index contributed by atoms with van der Waals surface area (Å²) < 4.78 is 26.8. The van der Waals surface area contributed by atoms with Gasteiger partial charge in [-0.25, -0.2) is 4.79 Å². The molecule has 15 nitrogen and oxygen atoms in total. The van der Waals surface area contributed by atoms with Crippen molar-refractivity contribution in [3.63, 3.8) is 0 Å². The molecule has 11 atom stereocenters. The lowest BCUT2D eigenvalue weighted by Crippen LogP contribution is -2.64. The first-order valence-corrected chi connectivity index (χ1v) is 16.6. The van der Waals surface area contributed by atoms with E-state index in [0.717, 1.165) is 26.2 Å². The molecule has 11 unspecified atom stereocenters. The Bertz CT molecular complexity index is 1300. The number of aliphatic hydroxyl groups excluding tert-OH is 7. The quantitative estimate of drug-likeness (QED) is 0.0905. The maximum absolute atomic E-state index is 12.4. The molecule has 0 spiro atoms. The van der Waals surface area contributed by atoms with Crippen LogP contribution in [0.25, 0.3) is 0 Å². The average molecular weight is 713 g/mol. The van der Waals surface area contributed by atoms with Crippen LogP contribution in [0.15, 0.2) is 54.6 Å². The maximum atomic E-state index is 12.4. The van der Waals surface area contributed by atoms with Crippen LogP contribution in [0.3, 0.4) is 0 Å². The number of aliphatic hydroxyl groups is 7. The van der Waals surface area contributed by atoms with Gasteiger partial charge in [-0.15, -0.1) is 0 Å². The molecule has 3 fully saturated rings. The highest BCUT2D eigenvalue weighted by Gasteiger charge is 2.50. The van der Waals surface area contributed by atoms with Gasteiger partial charge in [0.25, 0.3) is 0 Å². The normalized spacial score (nSPS) is 33.6. The van der Waals surface area contributed by atoms with Crippen LogP contribution in [0.2, 0.25) is 5.02 Å². The Hall–Kier alpha value is -2.32. The summed E-state index contributed by atoms with van der Waals surface area (Å²) in [7, 11) is 0. The van der Waals surface area contributed by atoms with Crippen LogP contribution in [-0.2, 0) is 28.5 Å². The third-order valence-corrected chi connectivity index (χ3v) is 9.30. The predicted octanol–water partition coefficient (Wildman–Crippen LogP) is -1.77. The van der Waals surface area contributed by atoms with E-state index in [2.05, 4.69) is 34.1 Å². The van der Waals surface area contributed by atoms with Crippen LogP contribution in [0.5, 0.6) is 0 Å². The Labute approximate surface area is 288 Å². The highest BCUT2D eigenvalue weighted by molar-refractivity contribution is 6.30. The monoisotopic (exact) mass is 712 g/mol.